The number of hydrogen-bond donors (Lipinski definition) is 0. The number of piperidine rings is 1. The average Bonchev–Trinajstić information content (AvgIpc) is 2.70. The molecule has 19 heavy (non-hydrogen) atoms. The molecule has 0 saturated carbocycles. The molecule has 2 fully saturated rings. The highest BCUT2D eigenvalue weighted by Crippen LogP contribution is 2.35. The molecule has 2 saturated heterocycles. The van der Waals surface area contributed by atoms with E-state index in [2.05, 4.69) is 22.9 Å². The van der Waals surface area contributed by atoms with Crippen molar-refractivity contribution in [2.24, 2.45) is 0 Å². The van der Waals surface area contributed by atoms with Gasteiger partial charge in [0.25, 0.3) is 0 Å². The lowest BCUT2D eigenvalue weighted by molar-refractivity contribution is -0.152. The van der Waals surface area contributed by atoms with E-state index in [4.69, 9.17) is 4.74 Å². The molecule has 2 aliphatic heterocycles. The van der Waals surface area contributed by atoms with Crippen LogP contribution in [0.25, 0.3) is 0 Å². The van der Waals surface area contributed by atoms with Crippen LogP contribution < -0.4 is 0 Å². The summed E-state index contributed by atoms with van der Waals surface area (Å²) in [5.41, 5.74) is 2.23. The number of hydrogen-bond acceptors (Lipinski definition) is 4. The summed E-state index contributed by atoms with van der Waals surface area (Å²) in [5, 5.41) is 0. The topological polar surface area (TPSA) is 42.4 Å². The molecule has 0 bridgehead atoms. The van der Waals surface area contributed by atoms with Crippen LogP contribution in [0.1, 0.15) is 36.8 Å². The summed E-state index contributed by atoms with van der Waals surface area (Å²) < 4.78 is 5.59. The maximum absolute atomic E-state index is 11.4. The van der Waals surface area contributed by atoms with E-state index in [0.717, 1.165) is 38.9 Å². The van der Waals surface area contributed by atoms with Gasteiger partial charge in [0.15, 0.2) is 0 Å². The Balaban J connectivity index is 1.67. The van der Waals surface area contributed by atoms with Crippen LogP contribution in [-0.4, -0.2) is 34.5 Å². The van der Waals surface area contributed by atoms with Crippen molar-refractivity contribution in [2.45, 2.75) is 44.8 Å². The minimum atomic E-state index is -0.202. The Labute approximate surface area is 113 Å². The van der Waals surface area contributed by atoms with Gasteiger partial charge in [-0.3, -0.25) is 14.7 Å². The summed E-state index contributed by atoms with van der Waals surface area (Å²) in [5.74, 6) is -0.0286. The first kappa shape index (κ1) is 12.6. The van der Waals surface area contributed by atoms with E-state index in [-0.39, 0.29) is 11.6 Å². The van der Waals surface area contributed by atoms with E-state index in [1.165, 1.54) is 11.1 Å². The van der Waals surface area contributed by atoms with Gasteiger partial charge in [-0.15, -0.1) is 0 Å². The smallest absolute Gasteiger partial charge is 0.306 e. The number of ether oxygens (including phenoxy) is 1. The highest BCUT2D eigenvalue weighted by molar-refractivity contribution is 5.72. The van der Waals surface area contributed by atoms with Crippen LogP contribution in [0.3, 0.4) is 0 Å². The Bertz CT molecular complexity index is 489. The van der Waals surface area contributed by atoms with Crippen molar-refractivity contribution in [1.82, 2.24) is 9.88 Å². The Kier molecular flexibility index (Phi) is 3.27. The lowest BCUT2D eigenvalue weighted by Crippen LogP contribution is -2.47. The highest BCUT2D eigenvalue weighted by atomic mass is 16.6. The Morgan fingerprint density at radius 3 is 3.05 bits per heavy atom. The molecule has 0 N–H and O–H groups in total. The molecule has 4 nitrogen and oxygen atoms in total. The first-order chi connectivity index (χ1) is 9.15. The number of likely N-dealkylation sites (tertiary alicyclic amines) is 1. The normalized spacial score (nSPS) is 27.7. The van der Waals surface area contributed by atoms with E-state index >= 15 is 0 Å². The fourth-order valence-corrected chi connectivity index (χ4v) is 3.25. The van der Waals surface area contributed by atoms with Gasteiger partial charge >= 0.3 is 5.97 Å². The number of rotatable bonds is 2. The van der Waals surface area contributed by atoms with Crippen molar-refractivity contribution < 1.29 is 9.53 Å². The van der Waals surface area contributed by atoms with Crippen LogP contribution in [0.15, 0.2) is 18.5 Å². The van der Waals surface area contributed by atoms with Gasteiger partial charge in [-0.25, -0.2) is 0 Å². The molecule has 4 heteroatoms. The second-order valence-corrected chi connectivity index (χ2v) is 5.84. The molecule has 1 spiro atoms. The Morgan fingerprint density at radius 2 is 2.32 bits per heavy atom. The summed E-state index contributed by atoms with van der Waals surface area (Å²) in [7, 11) is 0. The minimum Gasteiger partial charge on any atom is -0.458 e. The van der Waals surface area contributed by atoms with Crippen molar-refractivity contribution in [2.75, 3.05) is 13.1 Å². The molecule has 2 aliphatic rings. The minimum absolute atomic E-state index is 0.0286. The molecular formula is C15H20N2O2. The van der Waals surface area contributed by atoms with Crippen LogP contribution in [0.2, 0.25) is 0 Å². The molecular weight excluding hydrogens is 240 g/mol. The van der Waals surface area contributed by atoms with Crippen molar-refractivity contribution >= 4 is 5.97 Å². The first-order valence-electron chi connectivity index (χ1n) is 7.00. The van der Waals surface area contributed by atoms with E-state index < -0.39 is 0 Å². The van der Waals surface area contributed by atoms with Crippen molar-refractivity contribution in [3.63, 3.8) is 0 Å². The molecule has 3 heterocycles. The number of nitrogens with zero attached hydrogens (tertiary/aromatic N) is 2. The molecule has 0 radical (unpaired) electrons. The van der Waals surface area contributed by atoms with Crippen molar-refractivity contribution in [3.05, 3.63) is 29.6 Å². The predicted octanol–water partition coefficient (Wildman–Crippen LogP) is 2.06. The molecule has 1 aromatic heterocycles. The number of esters is 1. The van der Waals surface area contributed by atoms with Gasteiger partial charge in [-0.05, 0) is 43.9 Å². The quantitative estimate of drug-likeness (QED) is 0.763. The van der Waals surface area contributed by atoms with Crippen LogP contribution >= 0.6 is 0 Å². The number of carbonyl (C=O) groups excluding carboxylic acids is 1. The second kappa shape index (κ2) is 4.93. The fraction of sp³-hybridized carbons (Fsp3) is 0.600. The summed E-state index contributed by atoms with van der Waals surface area (Å²) in [6, 6.07) is 2.18. The van der Waals surface area contributed by atoms with Gasteiger partial charge in [-0.1, -0.05) is 6.07 Å². The summed E-state index contributed by atoms with van der Waals surface area (Å²) in [6.07, 6.45) is 7.39. The number of pyridine rings is 1. The van der Waals surface area contributed by atoms with Crippen molar-refractivity contribution in [3.8, 4) is 0 Å². The van der Waals surface area contributed by atoms with Crippen LogP contribution in [0.4, 0.5) is 0 Å². The second-order valence-electron chi connectivity index (χ2n) is 5.84. The Hall–Kier alpha value is -1.42. The van der Waals surface area contributed by atoms with E-state index in [1.54, 1.807) is 0 Å². The molecule has 1 atom stereocenters. The monoisotopic (exact) mass is 260 g/mol. The molecule has 1 aromatic rings. The third kappa shape index (κ3) is 2.78. The molecule has 0 amide bonds. The standard InChI is InChI=1S/C15H20N2O2/c1-12-7-13(9-16-8-12)10-17-6-2-4-15(11-17)5-3-14(18)19-15/h7-9H,2-6,10-11H2,1H3/t15-/m1/s1. The molecule has 0 aliphatic carbocycles. The maximum atomic E-state index is 11.4. The van der Waals surface area contributed by atoms with Gasteiger partial charge < -0.3 is 4.74 Å². The van der Waals surface area contributed by atoms with E-state index in [1.807, 2.05) is 12.4 Å². The van der Waals surface area contributed by atoms with Crippen molar-refractivity contribution in [1.29, 1.82) is 0 Å². The average molecular weight is 260 g/mol. The van der Waals surface area contributed by atoms with Crippen LogP contribution in [-0.2, 0) is 16.1 Å². The number of aromatic nitrogens is 1. The van der Waals surface area contributed by atoms with Gasteiger partial charge in [-0.2, -0.15) is 0 Å². The molecule has 102 valence electrons. The first-order valence-corrected chi connectivity index (χ1v) is 7.00. The zero-order valence-corrected chi connectivity index (χ0v) is 11.4. The molecule has 0 aromatic carbocycles. The zero-order chi connectivity index (χ0) is 13.3. The SMILES string of the molecule is Cc1cncc(CN2CCC[C@@]3(CCC(=O)O3)C2)c1. The third-order valence-corrected chi connectivity index (χ3v) is 4.07. The Morgan fingerprint density at radius 1 is 1.42 bits per heavy atom. The maximum Gasteiger partial charge on any atom is 0.306 e. The number of carbonyl (C=O) groups is 1. The largest absolute Gasteiger partial charge is 0.458 e. The van der Waals surface area contributed by atoms with Gasteiger partial charge in [0.05, 0.1) is 0 Å². The van der Waals surface area contributed by atoms with Gasteiger partial charge in [0.2, 0.25) is 0 Å². The molecule has 3 rings (SSSR count). The lowest BCUT2D eigenvalue weighted by atomic mass is 9.90. The lowest BCUT2D eigenvalue weighted by Gasteiger charge is -2.39. The highest BCUT2D eigenvalue weighted by Gasteiger charge is 2.43. The zero-order valence-electron chi connectivity index (χ0n) is 11.4. The van der Waals surface area contributed by atoms with Gasteiger partial charge in [0.1, 0.15) is 5.60 Å². The van der Waals surface area contributed by atoms with Crippen LogP contribution in [0, 0.1) is 6.92 Å². The van der Waals surface area contributed by atoms with E-state index in [0.29, 0.717) is 6.42 Å². The summed E-state index contributed by atoms with van der Waals surface area (Å²) in [6.45, 7) is 4.90. The van der Waals surface area contributed by atoms with Crippen LogP contribution in [0.5, 0.6) is 0 Å². The number of aryl methyl sites for hydroxylation is 1. The predicted molar refractivity (Wildman–Crippen MR) is 71.5 cm³/mol. The van der Waals surface area contributed by atoms with E-state index in [9.17, 15) is 4.79 Å². The summed E-state index contributed by atoms with van der Waals surface area (Å²) in [4.78, 5) is 18.0. The summed E-state index contributed by atoms with van der Waals surface area (Å²) >= 11 is 0. The van der Waals surface area contributed by atoms with Gasteiger partial charge in [0, 0.05) is 31.9 Å². The fourth-order valence-electron chi connectivity index (χ4n) is 3.25. The molecule has 0 unspecified atom stereocenters. The third-order valence-electron chi connectivity index (χ3n) is 4.07.